The van der Waals surface area contributed by atoms with Gasteiger partial charge in [-0.05, 0) is 25.1 Å². The summed E-state index contributed by atoms with van der Waals surface area (Å²) in [6, 6.07) is 14.9. The van der Waals surface area contributed by atoms with Crippen molar-refractivity contribution in [1.29, 1.82) is 0 Å². The molecule has 3 rings (SSSR count). The van der Waals surface area contributed by atoms with Crippen molar-refractivity contribution in [3.63, 3.8) is 0 Å². The zero-order valence-electron chi connectivity index (χ0n) is 12.9. The highest BCUT2D eigenvalue weighted by atomic mass is 16.5. The number of methoxy groups -OCH3 is 1. The summed E-state index contributed by atoms with van der Waals surface area (Å²) in [6.07, 6.45) is 0. The van der Waals surface area contributed by atoms with Crippen LogP contribution >= 0.6 is 0 Å². The Morgan fingerprint density at radius 2 is 1.70 bits per heavy atom. The minimum atomic E-state index is -0.362. The molecule has 2 aromatic carbocycles. The highest BCUT2D eigenvalue weighted by Gasteiger charge is 2.12. The van der Waals surface area contributed by atoms with E-state index in [2.05, 4.69) is 10.2 Å². The van der Waals surface area contributed by atoms with Crippen molar-refractivity contribution in [3.8, 4) is 17.1 Å². The molecule has 0 N–H and O–H groups in total. The number of hydrogen-bond donors (Lipinski definition) is 0. The van der Waals surface area contributed by atoms with Crippen LogP contribution in [0, 0.1) is 0 Å². The number of aromatic nitrogens is 2. The maximum Gasteiger partial charge on any atom is 0.337 e. The van der Waals surface area contributed by atoms with Gasteiger partial charge in [-0.15, -0.1) is 10.2 Å². The minimum Gasteiger partial charge on any atom is -0.476 e. The first-order chi connectivity index (χ1) is 11.2. The summed E-state index contributed by atoms with van der Waals surface area (Å²) in [5.74, 6) is 0.164. The van der Waals surface area contributed by atoms with E-state index in [4.69, 9.17) is 9.47 Å². The highest BCUT2D eigenvalue weighted by Crippen LogP contribution is 2.30. The minimum absolute atomic E-state index is 0.362. The third kappa shape index (κ3) is 2.85. The molecule has 0 saturated heterocycles. The van der Waals surface area contributed by atoms with Crippen LogP contribution in [0.25, 0.3) is 22.0 Å². The lowest BCUT2D eigenvalue weighted by atomic mass is 10.0. The number of carbonyl (C=O) groups excluding carboxylic acids is 1. The number of hydrogen-bond acceptors (Lipinski definition) is 5. The van der Waals surface area contributed by atoms with Crippen molar-refractivity contribution in [3.05, 3.63) is 54.1 Å². The van der Waals surface area contributed by atoms with Gasteiger partial charge in [-0.25, -0.2) is 4.79 Å². The van der Waals surface area contributed by atoms with Crippen LogP contribution in [0.2, 0.25) is 0 Å². The predicted octanol–water partition coefficient (Wildman–Crippen LogP) is 3.48. The molecule has 1 aromatic heterocycles. The Kier molecular flexibility index (Phi) is 4.19. The van der Waals surface area contributed by atoms with Crippen LogP contribution in [0.4, 0.5) is 0 Å². The molecule has 116 valence electrons. The number of benzene rings is 2. The van der Waals surface area contributed by atoms with E-state index in [9.17, 15) is 4.79 Å². The summed E-state index contributed by atoms with van der Waals surface area (Å²) in [6.45, 7) is 2.45. The fourth-order valence-electron chi connectivity index (χ4n) is 2.42. The standard InChI is InChI=1S/C18H16N2O3/c1-3-23-17-15-7-5-4-6-14(15)16(19-20-17)12-8-10-13(11-9-12)18(21)22-2/h4-11H,3H2,1-2H3. The molecular weight excluding hydrogens is 292 g/mol. The van der Waals surface area contributed by atoms with E-state index < -0.39 is 0 Å². The second kappa shape index (κ2) is 6.44. The second-order valence-corrected chi connectivity index (χ2v) is 4.90. The molecule has 0 aliphatic heterocycles. The van der Waals surface area contributed by atoms with Crippen LogP contribution in [0.3, 0.4) is 0 Å². The molecule has 0 unspecified atom stereocenters. The number of carbonyl (C=O) groups is 1. The average molecular weight is 308 g/mol. The molecule has 3 aromatic rings. The van der Waals surface area contributed by atoms with Crippen LogP contribution < -0.4 is 4.74 Å². The number of esters is 1. The molecule has 0 saturated carbocycles. The summed E-state index contributed by atoms with van der Waals surface area (Å²) < 4.78 is 10.3. The van der Waals surface area contributed by atoms with Crippen molar-refractivity contribution in [2.45, 2.75) is 6.92 Å². The van der Waals surface area contributed by atoms with Gasteiger partial charge in [0.15, 0.2) is 0 Å². The Balaban J connectivity index is 2.10. The lowest BCUT2D eigenvalue weighted by Crippen LogP contribution is -2.01. The van der Waals surface area contributed by atoms with Crippen molar-refractivity contribution in [2.24, 2.45) is 0 Å². The fourth-order valence-corrected chi connectivity index (χ4v) is 2.42. The van der Waals surface area contributed by atoms with Gasteiger partial charge >= 0.3 is 5.97 Å². The molecule has 0 amide bonds. The second-order valence-electron chi connectivity index (χ2n) is 4.90. The van der Waals surface area contributed by atoms with E-state index in [1.807, 2.05) is 43.3 Å². The third-order valence-electron chi connectivity index (χ3n) is 3.51. The normalized spacial score (nSPS) is 10.5. The van der Waals surface area contributed by atoms with Gasteiger partial charge in [-0.3, -0.25) is 0 Å². The Bertz CT molecular complexity index is 845. The molecule has 5 nitrogen and oxygen atoms in total. The van der Waals surface area contributed by atoms with Crippen LogP contribution in [-0.2, 0) is 4.74 Å². The van der Waals surface area contributed by atoms with Crippen molar-refractivity contribution >= 4 is 16.7 Å². The number of ether oxygens (including phenoxy) is 2. The molecule has 0 radical (unpaired) electrons. The van der Waals surface area contributed by atoms with Gasteiger partial charge in [0.25, 0.3) is 0 Å². The van der Waals surface area contributed by atoms with Gasteiger partial charge < -0.3 is 9.47 Å². The van der Waals surface area contributed by atoms with Crippen LogP contribution in [0.5, 0.6) is 5.88 Å². The highest BCUT2D eigenvalue weighted by molar-refractivity contribution is 5.97. The predicted molar refractivity (Wildman–Crippen MR) is 87.5 cm³/mol. The van der Waals surface area contributed by atoms with Gasteiger partial charge in [-0.1, -0.05) is 30.3 Å². The summed E-state index contributed by atoms with van der Waals surface area (Å²) in [5, 5.41) is 10.4. The molecule has 5 heteroatoms. The van der Waals surface area contributed by atoms with Gasteiger partial charge in [0.1, 0.15) is 5.69 Å². The van der Waals surface area contributed by atoms with E-state index in [1.165, 1.54) is 7.11 Å². The molecule has 1 heterocycles. The molecule has 0 fully saturated rings. The monoisotopic (exact) mass is 308 g/mol. The first-order valence-electron chi connectivity index (χ1n) is 7.31. The zero-order chi connectivity index (χ0) is 16.2. The molecule has 0 spiro atoms. The summed E-state index contributed by atoms with van der Waals surface area (Å²) >= 11 is 0. The lowest BCUT2D eigenvalue weighted by Gasteiger charge is -2.09. The average Bonchev–Trinajstić information content (AvgIpc) is 2.62. The Labute approximate surface area is 133 Å². The van der Waals surface area contributed by atoms with E-state index in [1.54, 1.807) is 12.1 Å². The van der Waals surface area contributed by atoms with Crippen LogP contribution in [0.1, 0.15) is 17.3 Å². The van der Waals surface area contributed by atoms with Crippen molar-refractivity contribution in [1.82, 2.24) is 10.2 Å². The Morgan fingerprint density at radius 3 is 2.35 bits per heavy atom. The van der Waals surface area contributed by atoms with Gasteiger partial charge in [0.05, 0.1) is 19.3 Å². The fraction of sp³-hybridized carbons (Fsp3) is 0.167. The first-order valence-corrected chi connectivity index (χ1v) is 7.31. The number of nitrogens with zero attached hydrogens (tertiary/aromatic N) is 2. The quantitative estimate of drug-likeness (QED) is 0.690. The van der Waals surface area contributed by atoms with Crippen LogP contribution in [-0.4, -0.2) is 29.9 Å². The Hall–Kier alpha value is -2.95. The third-order valence-corrected chi connectivity index (χ3v) is 3.51. The van der Waals surface area contributed by atoms with E-state index >= 15 is 0 Å². The molecular formula is C18H16N2O3. The lowest BCUT2D eigenvalue weighted by molar-refractivity contribution is 0.0601. The van der Waals surface area contributed by atoms with Gasteiger partial charge in [0.2, 0.25) is 5.88 Å². The van der Waals surface area contributed by atoms with E-state index in [-0.39, 0.29) is 5.97 Å². The Morgan fingerprint density at radius 1 is 1.00 bits per heavy atom. The van der Waals surface area contributed by atoms with Gasteiger partial charge in [-0.2, -0.15) is 0 Å². The molecule has 0 aliphatic rings. The molecule has 0 aliphatic carbocycles. The van der Waals surface area contributed by atoms with E-state index in [0.717, 1.165) is 22.0 Å². The maximum atomic E-state index is 11.5. The van der Waals surface area contributed by atoms with Crippen molar-refractivity contribution < 1.29 is 14.3 Å². The smallest absolute Gasteiger partial charge is 0.337 e. The first kappa shape index (κ1) is 15.0. The number of fused-ring (bicyclic) bond motifs is 1. The summed E-state index contributed by atoms with van der Waals surface area (Å²) in [5.41, 5.74) is 2.13. The summed E-state index contributed by atoms with van der Waals surface area (Å²) in [4.78, 5) is 11.5. The maximum absolute atomic E-state index is 11.5. The topological polar surface area (TPSA) is 61.3 Å². The largest absolute Gasteiger partial charge is 0.476 e. The van der Waals surface area contributed by atoms with Gasteiger partial charge in [0, 0.05) is 16.3 Å². The number of rotatable bonds is 4. The SMILES string of the molecule is CCOc1nnc(-c2ccc(C(=O)OC)cc2)c2ccccc12. The van der Waals surface area contributed by atoms with Crippen LogP contribution in [0.15, 0.2) is 48.5 Å². The molecule has 0 bridgehead atoms. The van der Waals surface area contributed by atoms with Crippen molar-refractivity contribution in [2.75, 3.05) is 13.7 Å². The zero-order valence-corrected chi connectivity index (χ0v) is 12.9. The molecule has 0 atom stereocenters. The van der Waals surface area contributed by atoms with E-state index in [0.29, 0.717) is 18.1 Å². The summed E-state index contributed by atoms with van der Waals surface area (Å²) in [7, 11) is 1.36. The molecule has 23 heavy (non-hydrogen) atoms.